The Balaban J connectivity index is 1.75. The predicted octanol–water partition coefficient (Wildman–Crippen LogP) is 4.76. The van der Waals surface area contributed by atoms with Crippen LogP contribution in [0.2, 0.25) is 5.02 Å². The monoisotopic (exact) mass is 428 g/mol. The molecule has 3 rings (SSSR count). The van der Waals surface area contributed by atoms with Gasteiger partial charge in [0.1, 0.15) is 11.4 Å². The van der Waals surface area contributed by atoms with E-state index in [-0.39, 0.29) is 11.6 Å². The number of hydrogen-bond donors (Lipinski definition) is 1. The Bertz CT molecular complexity index is 1090. The van der Waals surface area contributed by atoms with Gasteiger partial charge >= 0.3 is 5.69 Å². The number of hydrogen-bond acceptors (Lipinski definition) is 5. The summed E-state index contributed by atoms with van der Waals surface area (Å²) in [6.07, 6.45) is 0. The van der Waals surface area contributed by atoms with Crippen LogP contribution in [0.3, 0.4) is 0 Å². The Morgan fingerprint density at radius 1 is 1.23 bits per heavy atom. The molecule has 1 aromatic heterocycles. The van der Waals surface area contributed by atoms with Gasteiger partial charge in [-0.25, -0.2) is 0 Å². The highest BCUT2D eigenvalue weighted by Crippen LogP contribution is 2.33. The average Bonchev–Trinajstić information content (AvgIpc) is 2.98. The summed E-state index contributed by atoms with van der Waals surface area (Å²) in [6.45, 7) is 5.91. The van der Waals surface area contributed by atoms with Gasteiger partial charge in [-0.2, -0.15) is 5.10 Å². The molecular formula is C21H21ClN4O4. The fourth-order valence-electron chi connectivity index (χ4n) is 3.13. The number of aromatic nitrogens is 2. The van der Waals surface area contributed by atoms with Crippen LogP contribution in [0.5, 0.6) is 5.75 Å². The fourth-order valence-corrected chi connectivity index (χ4v) is 3.36. The first kappa shape index (κ1) is 21.3. The molecule has 0 atom stereocenters. The Morgan fingerprint density at radius 2 is 1.93 bits per heavy atom. The molecule has 0 unspecified atom stereocenters. The van der Waals surface area contributed by atoms with E-state index in [1.807, 2.05) is 6.92 Å². The van der Waals surface area contributed by atoms with Crippen LogP contribution in [0.15, 0.2) is 42.5 Å². The molecule has 0 aliphatic rings. The number of carbonyl (C=O) groups is 1. The summed E-state index contributed by atoms with van der Waals surface area (Å²) >= 11 is 6.15. The van der Waals surface area contributed by atoms with Gasteiger partial charge in [-0.1, -0.05) is 29.8 Å². The summed E-state index contributed by atoms with van der Waals surface area (Å²) in [7, 11) is 0. The molecule has 0 spiro atoms. The number of aryl methyl sites for hydroxylation is 1. The first-order valence-corrected chi connectivity index (χ1v) is 9.69. The van der Waals surface area contributed by atoms with Gasteiger partial charge in [-0.3, -0.25) is 19.6 Å². The highest BCUT2D eigenvalue weighted by Gasteiger charge is 2.21. The number of anilines is 1. The summed E-state index contributed by atoms with van der Waals surface area (Å²) in [5.41, 5.74) is 2.71. The van der Waals surface area contributed by atoms with Crippen LogP contribution in [0, 0.1) is 24.0 Å². The lowest BCUT2D eigenvalue weighted by Crippen LogP contribution is -2.13. The molecule has 30 heavy (non-hydrogen) atoms. The second kappa shape index (κ2) is 8.96. The molecule has 0 saturated carbocycles. The second-order valence-corrected chi connectivity index (χ2v) is 7.04. The summed E-state index contributed by atoms with van der Waals surface area (Å²) < 4.78 is 7.11. The molecule has 9 heteroatoms. The van der Waals surface area contributed by atoms with Gasteiger partial charge in [-0.15, -0.1) is 0 Å². The number of halogens is 1. The van der Waals surface area contributed by atoms with E-state index in [0.29, 0.717) is 46.6 Å². The zero-order valence-electron chi connectivity index (χ0n) is 16.8. The van der Waals surface area contributed by atoms with Crippen LogP contribution in [0.1, 0.15) is 34.2 Å². The molecule has 2 aromatic carbocycles. The summed E-state index contributed by atoms with van der Waals surface area (Å²) in [5, 5.41) is 18.6. The average molecular weight is 429 g/mol. The second-order valence-electron chi connectivity index (χ2n) is 6.63. The lowest BCUT2D eigenvalue weighted by Gasteiger charge is -2.13. The van der Waals surface area contributed by atoms with Gasteiger partial charge < -0.3 is 10.1 Å². The number of nitrogens with one attached hydrogen (secondary N) is 1. The highest BCUT2D eigenvalue weighted by molar-refractivity contribution is 6.32. The van der Waals surface area contributed by atoms with Gasteiger partial charge in [0.25, 0.3) is 5.91 Å². The minimum absolute atomic E-state index is 0.0256. The first-order valence-electron chi connectivity index (χ1n) is 9.31. The summed E-state index contributed by atoms with van der Waals surface area (Å²) in [4.78, 5) is 23.4. The van der Waals surface area contributed by atoms with Crippen molar-refractivity contribution in [2.24, 2.45) is 0 Å². The molecule has 1 amide bonds. The Kier molecular flexibility index (Phi) is 6.37. The van der Waals surface area contributed by atoms with E-state index < -0.39 is 4.92 Å². The molecule has 1 heterocycles. The van der Waals surface area contributed by atoms with Crippen LogP contribution in [-0.2, 0) is 6.54 Å². The molecule has 3 aromatic rings. The maximum Gasteiger partial charge on any atom is 0.312 e. The summed E-state index contributed by atoms with van der Waals surface area (Å²) in [6, 6.07) is 12.1. The molecule has 1 N–H and O–H groups in total. The molecular weight excluding hydrogens is 408 g/mol. The van der Waals surface area contributed by atoms with Crippen LogP contribution in [0.4, 0.5) is 11.4 Å². The van der Waals surface area contributed by atoms with Crippen molar-refractivity contribution < 1.29 is 14.5 Å². The van der Waals surface area contributed by atoms with E-state index in [9.17, 15) is 14.9 Å². The number of amides is 1. The van der Waals surface area contributed by atoms with E-state index in [1.165, 1.54) is 0 Å². The quantitative estimate of drug-likeness (QED) is 0.432. The lowest BCUT2D eigenvalue weighted by molar-refractivity contribution is -0.386. The number of para-hydroxylation sites is 1. The number of nitrogens with zero attached hydrogens (tertiary/aromatic N) is 3. The molecule has 0 saturated heterocycles. The van der Waals surface area contributed by atoms with Crippen molar-refractivity contribution in [2.75, 3.05) is 11.9 Å². The third-order valence-corrected chi connectivity index (χ3v) is 4.88. The van der Waals surface area contributed by atoms with Crippen molar-refractivity contribution in [3.05, 3.63) is 80.1 Å². The standard InChI is InChI=1S/C21H21ClN4O4/c1-4-30-20-17(22)6-5-7-18(20)23-21(27)16-10-8-15(9-11-16)12-25-14(3)19(26(28)29)13(2)24-25/h5-11H,4,12H2,1-3H3,(H,23,27). The van der Waals surface area contributed by atoms with E-state index in [0.717, 1.165) is 5.56 Å². The van der Waals surface area contributed by atoms with Crippen molar-refractivity contribution in [3.63, 3.8) is 0 Å². The number of benzene rings is 2. The lowest BCUT2D eigenvalue weighted by atomic mass is 10.1. The minimum atomic E-state index is -0.423. The smallest absolute Gasteiger partial charge is 0.312 e. The van der Waals surface area contributed by atoms with Crippen molar-refractivity contribution in [3.8, 4) is 5.75 Å². The molecule has 8 nitrogen and oxygen atoms in total. The Labute approximate surface area is 178 Å². The van der Waals surface area contributed by atoms with E-state index in [4.69, 9.17) is 16.3 Å². The molecule has 0 aliphatic heterocycles. The SMILES string of the molecule is CCOc1c(Cl)cccc1NC(=O)c1ccc(Cn2nc(C)c([N+](=O)[O-])c2C)cc1. The maximum atomic E-state index is 12.6. The first-order chi connectivity index (χ1) is 14.3. The molecule has 0 fully saturated rings. The van der Waals surface area contributed by atoms with Gasteiger partial charge in [0.15, 0.2) is 5.75 Å². The normalized spacial score (nSPS) is 10.7. The summed E-state index contributed by atoms with van der Waals surface area (Å²) in [5.74, 6) is 0.129. The zero-order valence-corrected chi connectivity index (χ0v) is 17.6. The van der Waals surface area contributed by atoms with E-state index in [2.05, 4.69) is 10.4 Å². The molecule has 156 valence electrons. The van der Waals surface area contributed by atoms with Gasteiger partial charge in [0.2, 0.25) is 0 Å². The number of carbonyl (C=O) groups excluding carboxylic acids is 1. The van der Waals surface area contributed by atoms with Gasteiger partial charge in [0.05, 0.1) is 28.8 Å². The Morgan fingerprint density at radius 3 is 2.53 bits per heavy atom. The van der Waals surface area contributed by atoms with Gasteiger partial charge in [-0.05, 0) is 50.6 Å². The van der Waals surface area contributed by atoms with Crippen molar-refractivity contribution in [2.45, 2.75) is 27.3 Å². The highest BCUT2D eigenvalue weighted by atomic mass is 35.5. The van der Waals surface area contributed by atoms with Crippen LogP contribution in [0.25, 0.3) is 0 Å². The maximum absolute atomic E-state index is 12.6. The van der Waals surface area contributed by atoms with E-state index in [1.54, 1.807) is 61.0 Å². The topological polar surface area (TPSA) is 99.3 Å². The Hall–Kier alpha value is -3.39. The number of nitro groups is 1. The predicted molar refractivity (Wildman–Crippen MR) is 114 cm³/mol. The van der Waals surface area contributed by atoms with Crippen molar-refractivity contribution >= 4 is 28.9 Å². The number of ether oxygens (including phenoxy) is 1. The van der Waals surface area contributed by atoms with Gasteiger partial charge in [0, 0.05) is 5.56 Å². The van der Waals surface area contributed by atoms with Crippen LogP contribution in [-0.4, -0.2) is 27.2 Å². The molecule has 0 radical (unpaired) electrons. The molecule has 0 aliphatic carbocycles. The third-order valence-electron chi connectivity index (χ3n) is 4.58. The third kappa shape index (κ3) is 4.44. The fraction of sp³-hybridized carbons (Fsp3) is 0.238. The zero-order chi connectivity index (χ0) is 21.8. The molecule has 0 bridgehead atoms. The van der Waals surface area contributed by atoms with Crippen molar-refractivity contribution in [1.82, 2.24) is 9.78 Å². The van der Waals surface area contributed by atoms with Crippen LogP contribution < -0.4 is 10.1 Å². The van der Waals surface area contributed by atoms with E-state index >= 15 is 0 Å². The van der Waals surface area contributed by atoms with Crippen LogP contribution >= 0.6 is 11.6 Å². The minimum Gasteiger partial charge on any atom is -0.490 e. The largest absolute Gasteiger partial charge is 0.490 e. The number of rotatable bonds is 7. The van der Waals surface area contributed by atoms with Crippen molar-refractivity contribution in [1.29, 1.82) is 0 Å².